The number of nitrogens with two attached hydrogens (primary N) is 3. The smallest absolute Gasteiger partial charge is 0.324 e. The van der Waals surface area contributed by atoms with Crippen LogP contribution in [0, 0.1) is 5.92 Å². The molecule has 0 radical (unpaired) electrons. The molecule has 2 aromatic rings. The molecule has 48 heavy (non-hydrogen) atoms. The second kappa shape index (κ2) is 21.5. The van der Waals surface area contributed by atoms with E-state index in [0.29, 0.717) is 32.2 Å². The van der Waals surface area contributed by atoms with Gasteiger partial charge in [0.1, 0.15) is 24.2 Å². The Kier molecular flexibility index (Phi) is 17.9. The molecule has 5 atom stereocenters. The molecular formula is C35H53N7O6. The summed E-state index contributed by atoms with van der Waals surface area (Å²) >= 11 is 0. The van der Waals surface area contributed by atoms with Crippen LogP contribution in [0.15, 0.2) is 60.7 Å². The first-order valence-corrected chi connectivity index (χ1v) is 16.5. The van der Waals surface area contributed by atoms with E-state index in [1.165, 1.54) is 7.11 Å². The van der Waals surface area contributed by atoms with Gasteiger partial charge in [0.2, 0.25) is 23.6 Å². The minimum absolute atomic E-state index is 0.00260. The van der Waals surface area contributed by atoms with Gasteiger partial charge in [0.05, 0.1) is 13.2 Å². The Morgan fingerprint density at radius 2 is 1.25 bits per heavy atom. The summed E-state index contributed by atoms with van der Waals surface area (Å²) in [5.74, 6) is -2.82. The van der Waals surface area contributed by atoms with Gasteiger partial charge < -0.3 is 43.2 Å². The zero-order chi connectivity index (χ0) is 35.5. The Morgan fingerprint density at radius 1 is 0.688 bits per heavy atom. The van der Waals surface area contributed by atoms with Crippen molar-refractivity contribution in [3.05, 3.63) is 71.8 Å². The number of unbranched alkanes of at least 4 members (excludes halogenated alkanes) is 1. The van der Waals surface area contributed by atoms with Crippen molar-refractivity contribution in [2.24, 2.45) is 23.1 Å². The van der Waals surface area contributed by atoms with E-state index >= 15 is 0 Å². The van der Waals surface area contributed by atoms with E-state index in [4.69, 9.17) is 17.2 Å². The van der Waals surface area contributed by atoms with Crippen molar-refractivity contribution in [3.8, 4) is 0 Å². The summed E-state index contributed by atoms with van der Waals surface area (Å²) < 4.78 is 4.61. The Balaban J connectivity index is 2.20. The van der Waals surface area contributed by atoms with Crippen LogP contribution in [0.25, 0.3) is 0 Å². The molecule has 0 heterocycles. The average Bonchev–Trinajstić information content (AvgIpc) is 3.08. The zero-order valence-electron chi connectivity index (χ0n) is 28.3. The Bertz CT molecular complexity index is 1290. The van der Waals surface area contributed by atoms with Gasteiger partial charge in [0, 0.05) is 13.0 Å². The fourth-order valence-corrected chi connectivity index (χ4v) is 5.01. The molecule has 13 nitrogen and oxygen atoms in total. The highest BCUT2D eigenvalue weighted by molar-refractivity contribution is 5.95. The summed E-state index contributed by atoms with van der Waals surface area (Å²) in [4.78, 5) is 65.4. The van der Waals surface area contributed by atoms with Crippen LogP contribution in [0.3, 0.4) is 0 Å². The summed E-state index contributed by atoms with van der Waals surface area (Å²) in [6.45, 7) is 4.03. The fourth-order valence-electron chi connectivity index (χ4n) is 5.01. The van der Waals surface area contributed by atoms with Gasteiger partial charge in [-0.3, -0.25) is 24.0 Å². The predicted molar refractivity (Wildman–Crippen MR) is 184 cm³/mol. The first kappa shape index (κ1) is 39.8. The SMILES string of the molecule is COC(=O)[C@@H](N)CNC(=O)[C@@H](CCCCN)NC(=O)[C@@H](CC(C)C)NC(=O)[C@@H](Cc1ccccc1)NC(=O)[C@H](N)CCc1ccccc1. The summed E-state index contributed by atoms with van der Waals surface area (Å²) in [6, 6.07) is 13.9. The number of carbonyl (C=O) groups excluding carboxylic acids is 5. The molecule has 0 saturated heterocycles. The molecular weight excluding hydrogens is 614 g/mol. The van der Waals surface area contributed by atoms with E-state index in [-0.39, 0.29) is 31.7 Å². The summed E-state index contributed by atoms with van der Waals surface area (Å²) in [6.07, 6.45) is 2.87. The van der Waals surface area contributed by atoms with Crippen LogP contribution in [-0.2, 0) is 41.6 Å². The van der Waals surface area contributed by atoms with Crippen LogP contribution in [0.2, 0.25) is 0 Å². The number of nitrogens with one attached hydrogen (secondary N) is 4. The third-order valence-electron chi connectivity index (χ3n) is 7.76. The Morgan fingerprint density at radius 3 is 1.83 bits per heavy atom. The van der Waals surface area contributed by atoms with Crippen LogP contribution in [0.4, 0.5) is 0 Å². The lowest BCUT2D eigenvalue weighted by Gasteiger charge is -2.27. The molecule has 264 valence electrons. The largest absolute Gasteiger partial charge is 0.468 e. The van der Waals surface area contributed by atoms with E-state index in [1.807, 2.05) is 74.5 Å². The standard InChI is InChI=1S/C35H53N7O6/c1-23(2)20-29(33(45)40-28(16-10-11-19-36)32(44)39-22-27(38)35(47)48-3)42-34(46)30(21-25-14-8-5-9-15-25)41-31(43)26(37)18-17-24-12-6-4-7-13-24/h4-9,12-15,23,26-30H,10-11,16-22,36-38H2,1-3H3,(H,39,44)(H,40,45)(H,41,43)(H,42,46)/t26-,27+,28-,29-,30-/m1/s1. The molecule has 0 spiro atoms. The zero-order valence-corrected chi connectivity index (χ0v) is 28.3. The lowest BCUT2D eigenvalue weighted by Crippen LogP contribution is -2.58. The number of esters is 1. The normalized spacial score (nSPS) is 14.1. The topological polar surface area (TPSA) is 221 Å². The second-order valence-electron chi connectivity index (χ2n) is 12.3. The maximum Gasteiger partial charge on any atom is 0.324 e. The molecule has 0 aliphatic carbocycles. The molecule has 0 aliphatic heterocycles. The first-order valence-electron chi connectivity index (χ1n) is 16.5. The molecule has 4 amide bonds. The van der Waals surface area contributed by atoms with Crippen molar-refractivity contribution in [2.75, 3.05) is 20.2 Å². The Labute approximate surface area is 283 Å². The van der Waals surface area contributed by atoms with Gasteiger partial charge in [0.15, 0.2) is 0 Å². The highest BCUT2D eigenvalue weighted by Crippen LogP contribution is 2.11. The van der Waals surface area contributed by atoms with Crippen molar-refractivity contribution in [3.63, 3.8) is 0 Å². The van der Waals surface area contributed by atoms with Crippen molar-refractivity contribution < 1.29 is 28.7 Å². The van der Waals surface area contributed by atoms with Gasteiger partial charge in [-0.25, -0.2) is 0 Å². The molecule has 0 unspecified atom stereocenters. The van der Waals surface area contributed by atoms with Gasteiger partial charge in [-0.15, -0.1) is 0 Å². The molecule has 0 bridgehead atoms. The van der Waals surface area contributed by atoms with Gasteiger partial charge in [-0.2, -0.15) is 0 Å². The van der Waals surface area contributed by atoms with Gasteiger partial charge in [-0.05, 0) is 62.1 Å². The number of hydrogen-bond acceptors (Lipinski definition) is 9. The minimum atomic E-state index is -1.07. The lowest BCUT2D eigenvalue weighted by atomic mass is 9.99. The predicted octanol–water partition coefficient (Wildman–Crippen LogP) is 0.435. The van der Waals surface area contributed by atoms with Crippen LogP contribution in [0.1, 0.15) is 57.1 Å². The van der Waals surface area contributed by atoms with Crippen molar-refractivity contribution >= 4 is 29.6 Å². The summed E-state index contributed by atoms with van der Waals surface area (Å²) in [5.41, 5.74) is 19.5. The number of ether oxygens (including phenoxy) is 1. The maximum atomic E-state index is 13.8. The number of amides is 4. The first-order chi connectivity index (χ1) is 22.9. The molecule has 13 heteroatoms. The average molecular weight is 668 g/mol. The molecule has 2 aromatic carbocycles. The maximum absolute atomic E-state index is 13.8. The van der Waals surface area contributed by atoms with Crippen molar-refractivity contribution in [2.45, 2.75) is 89.0 Å². The van der Waals surface area contributed by atoms with Crippen LogP contribution in [0.5, 0.6) is 0 Å². The molecule has 2 rings (SSSR count). The summed E-state index contributed by atoms with van der Waals surface area (Å²) in [7, 11) is 1.19. The Hall–Kier alpha value is -4.33. The number of rotatable bonds is 21. The number of hydrogen-bond donors (Lipinski definition) is 7. The molecule has 0 aliphatic rings. The third-order valence-corrected chi connectivity index (χ3v) is 7.76. The molecule has 0 aromatic heterocycles. The van der Waals surface area contributed by atoms with Crippen LogP contribution < -0.4 is 38.5 Å². The highest BCUT2D eigenvalue weighted by Gasteiger charge is 2.31. The number of benzene rings is 2. The molecule has 0 fully saturated rings. The van der Waals surface area contributed by atoms with E-state index in [9.17, 15) is 24.0 Å². The van der Waals surface area contributed by atoms with Crippen LogP contribution in [-0.4, -0.2) is 80.0 Å². The highest BCUT2D eigenvalue weighted by atomic mass is 16.5. The third kappa shape index (κ3) is 14.6. The van der Waals surface area contributed by atoms with Gasteiger partial charge in [-0.1, -0.05) is 74.5 Å². The molecule has 0 saturated carbocycles. The summed E-state index contributed by atoms with van der Waals surface area (Å²) in [5, 5.41) is 11.0. The van der Waals surface area contributed by atoms with Gasteiger partial charge in [0.25, 0.3) is 0 Å². The minimum Gasteiger partial charge on any atom is -0.468 e. The van der Waals surface area contributed by atoms with E-state index in [2.05, 4.69) is 26.0 Å². The van der Waals surface area contributed by atoms with E-state index in [1.54, 1.807) is 0 Å². The van der Waals surface area contributed by atoms with Crippen molar-refractivity contribution in [1.82, 2.24) is 21.3 Å². The molecule has 10 N–H and O–H groups in total. The quantitative estimate of drug-likeness (QED) is 0.0724. The second-order valence-corrected chi connectivity index (χ2v) is 12.3. The van der Waals surface area contributed by atoms with Crippen molar-refractivity contribution in [1.29, 1.82) is 0 Å². The van der Waals surface area contributed by atoms with Gasteiger partial charge >= 0.3 is 5.97 Å². The fraction of sp³-hybridized carbons (Fsp3) is 0.514. The number of carbonyl (C=O) groups is 5. The monoisotopic (exact) mass is 667 g/mol. The van der Waals surface area contributed by atoms with E-state index < -0.39 is 59.8 Å². The van der Waals surface area contributed by atoms with E-state index in [0.717, 1.165) is 11.1 Å². The lowest BCUT2D eigenvalue weighted by molar-refractivity contribution is -0.142. The number of methoxy groups -OCH3 is 1. The number of aryl methyl sites for hydroxylation is 1. The van der Waals surface area contributed by atoms with Crippen LogP contribution >= 0.6 is 0 Å².